The highest BCUT2D eigenvalue weighted by molar-refractivity contribution is 5.97. The van der Waals surface area contributed by atoms with E-state index in [9.17, 15) is 22.8 Å². The average Bonchev–Trinajstić information content (AvgIpc) is 2.72. The lowest BCUT2D eigenvalue weighted by Crippen LogP contribution is -2.41. The number of anilines is 1. The van der Waals surface area contributed by atoms with Gasteiger partial charge < -0.3 is 10.2 Å². The molecule has 0 aromatic heterocycles. The van der Waals surface area contributed by atoms with Crippen molar-refractivity contribution >= 4 is 23.1 Å². The fourth-order valence-corrected chi connectivity index (χ4v) is 3.29. The first-order valence-electron chi connectivity index (χ1n) is 9.34. The Morgan fingerprint density at radius 3 is 2.03 bits per heavy atom. The molecule has 1 N–H and O–H groups in total. The first-order valence-corrected chi connectivity index (χ1v) is 9.34. The van der Waals surface area contributed by atoms with Crippen LogP contribution in [0.15, 0.2) is 66.7 Å². The predicted octanol–water partition coefficient (Wildman–Crippen LogP) is 4.51. The normalized spacial score (nSPS) is 15.8. The number of piperidine rings is 1. The molecule has 0 atom stereocenters. The Morgan fingerprint density at radius 1 is 0.931 bits per heavy atom. The van der Waals surface area contributed by atoms with Crippen LogP contribution in [-0.4, -0.2) is 36.0 Å². The molecule has 0 saturated carbocycles. The third-order valence-electron chi connectivity index (χ3n) is 4.88. The van der Waals surface area contributed by atoms with Crippen molar-refractivity contribution in [3.8, 4) is 0 Å². The molecule has 2 amide bonds. The van der Waals surface area contributed by atoms with Crippen molar-refractivity contribution in [3.63, 3.8) is 0 Å². The van der Waals surface area contributed by atoms with Crippen LogP contribution in [0.5, 0.6) is 0 Å². The van der Waals surface area contributed by atoms with Gasteiger partial charge in [-0.05, 0) is 30.5 Å². The van der Waals surface area contributed by atoms with Gasteiger partial charge >= 0.3 is 6.18 Å². The number of halogens is 3. The highest BCUT2D eigenvalue weighted by atomic mass is 19.4. The number of rotatable bonds is 4. The summed E-state index contributed by atoms with van der Waals surface area (Å²) in [5.74, 6) is -1.11. The van der Waals surface area contributed by atoms with Crippen molar-refractivity contribution in [2.75, 3.05) is 18.4 Å². The molecule has 7 heteroatoms. The van der Waals surface area contributed by atoms with E-state index in [1.807, 2.05) is 18.2 Å². The number of amides is 2. The van der Waals surface area contributed by atoms with Crippen molar-refractivity contribution in [3.05, 3.63) is 72.3 Å². The summed E-state index contributed by atoms with van der Waals surface area (Å²) in [6.07, 6.45) is -3.17. The Morgan fingerprint density at radius 2 is 1.48 bits per heavy atom. The minimum atomic E-state index is -4.63. The summed E-state index contributed by atoms with van der Waals surface area (Å²) in [6, 6.07) is 16.3. The van der Waals surface area contributed by atoms with Crippen molar-refractivity contribution < 1.29 is 22.8 Å². The van der Waals surface area contributed by atoms with Crippen molar-refractivity contribution in [2.45, 2.75) is 19.0 Å². The zero-order chi connectivity index (χ0) is 20.9. The molecular weight excluding hydrogens is 381 g/mol. The van der Waals surface area contributed by atoms with Crippen molar-refractivity contribution in [1.29, 1.82) is 0 Å². The summed E-state index contributed by atoms with van der Waals surface area (Å²) in [5, 5.41) is 2.83. The lowest BCUT2D eigenvalue weighted by molar-refractivity contribution is -0.130. The topological polar surface area (TPSA) is 49.4 Å². The minimum Gasteiger partial charge on any atom is -0.339 e. The van der Waals surface area contributed by atoms with Crippen molar-refractivity contribution in [1.82, 2.24) is 4.90 Å². The number of allylic oxidation sites excluding steroid dienone is 1. The quantitative estimate of drug-likeness (QED) is 0.765. The fourth-order valence-electron chi connectivity index (χ4n) is 3.29. The van der Waals surface area contributed by atoms with Gasteiger partial charge in [0.15, 0.2) is 0 Å². The van der Waals surface area contributed by atoms with Crippen LogP contribution in [0.4, 0.5) is 18.9 Å². The van der Waals surface area contributed by atoms with Gasteiger partial charge in [-0.15, -0.1) is 0 Å². The summed E-state index contributed by atoms with van der Waals surface area (Å²) in [5.41, 5.74) is -0.325. The molecular formula is C22H21F3N2O2. The van der Waals surface area contributed by atoms with Gasteiger partial charge in [0.1, 0.15) is 0 Å². The Labute approximate surface area is 167 Å². The third kappa shape index (κ3) is 5.47. The van der Waals surface area contributed by atoms with Gasteiger partial charge in [0.25, 0.3) is 0 Å². The number of nitrogens with zero attached hydrogens (tertiary/aromatic N) is 1. The second-order valence-corrected chi connectivity index (χ2v) is 6.88. The molecule has 0 aliphatic carbocycles. The molecule has 0 radical (unpaired) electrons. The number of alkyl halides is 3. The van der Waals surface area contributed by atoms with E-state index >= 15 is 0 Å². The summed E-state index contributed by atoms with van der Waals surface area (Å²) < 4.78 is 40.2. The molecule has 1 heterocycles. The van der Waals surface area contributed by atoms with Crippen LogP contribution >= 0.6 is 0 Å². The van der Waals surface area contributed by atoms with Gasteiger partial charge in [-0.2, -0.15) is 13.2 Å². The Hall–Kier alpha value is -3.09. The number of para-hydroxylation sites is 1. The number of likely N-dealkylation sites (tertiary alicyclic amines) is 1. The smallest absolute Gasteiger partial charge is 0.339 e. The highest BCUT2D eigenvalue weighted by Crippen LogP contribution is 2.34. The molecule has 2 aromatic carbocycles. The number of hydrogen-bond acceptors (Lipinski definition) is 2. The Kier molecular flexibility index (Phi) is 6.36. The average molecular weight is 402 g/mol. The largest absolute Gasteiger partial charge is 0.417 e. The van der Waals surface area contributed by atoms with E-state index in [4.69, 9.17) is 0 Å². The second kappa shape index (κ2) is 8.94. The van der Waals surface area contributed by atoms with Crippen LogP contribution in [0.2, 0.25) is 0 Å². The van der Waals surface area contributed by atoms with E-state index in [1.165, 1.54) is 29.2 Å². The Bertz CT molecular complexity index is 872. The molecule has 0 unspecified atom stereocenters. The maximum absolute atomic E-state index is 13.4. The van der Waals surface area contributed by atoms with Gasteiger partial charge in [-0.25, -0.2) is 0 Å². The van der Waals surface area contributed by atoms with Crippen LogP contribution in [0.1, 0.15) is 18.4 Å². The summed E-state index contributed by atoms with van der Waals surface area (Å²) in [4.78, 5) is 26.2. The standard InChI is InChI=1S/C22H21F3N2O2/c23-22(24,25)19(16-7-3-1-4-8-16)15-20(28)27-13-11-17(12-14-27)21(29)26-18-9-5-2-6-10-18/h1-10,15,17H,11-14H2,(H,26,29)/b19-15+. The molecule has 4 nitrogen and oxygen atoms in total. The first-order chi connectivity index (χ1) is 13.8. The molecule has 1 aliphatic heterocycles. The fraction of sp³-hybridized carbons (Fsp3) is 0.273. The van der Waals surface area contributed by atoms with E-state index in [0.717, 1.165) is 0 Å². The molecule has 1 aliphatic rings. The molecule has 0 bridgehead atoms. The van der Waals surface area contributed by atoms with E-state index < -0.39 is 17.7 Å². The van der Waals surface area contributed by atoms with Crippen LogP contribution in [-0.2, 0) is 9.59 Å². The van der Waals surface area contributed by atoms with E-state index in [-0.39, 0.29) is 30.5 Å². The second-order valence-electron chi connectivity index (χ2n) is 6.88. The maximum atomic E-state index is 13.4. The van der Waals surface area contributed by atoms with Crippen LogP contribution < -0.4 is 5.32 Å². The van der Waals surface area contributed by atoms with Gasteiger partial charge in [-0.1, -0.05) is 48.5 Å². The van der Waals surface area contributed by atoms with Gasteiger partial charge in [0.05, 0.1) is 5.57 Å². The molecule has 0 spiro atoms. The lowest BCUT2D eigenvalue weighted by Gasteiger charge is -2.31. The van der Waals surface area contributed by atoms with Crippen molar-refractivity contribution in [2.24, 2.45) is 5.92 Å². The zero-order valence-electron chi connectivity index (χ0n) is 15.7. The molecule has 2 aromatic rings. The molecule has 1 fully saturated rings. The lowest BCUT2D eigenvalue weighted by atomic mass is 9.95. The molecule has 29 heavy (non-hydrogen) atoms. The van der Waals surface area contributed by atoms with Gasteiger partial charge in [-0.3, -0.25) is 9.59 Å². The van der Waals surface area contributed by atoms with Crippen LogP contribution in [0.25, 0.3) is 5.57 Å². The summed E-state index contributed by atoms with van der Waals surface area (Å²) in [6.45, 7) is 0.476. The summed E-state index contributed by atoms with van der Waals surface area (Å²) >= 11 is 0. The summed E-state index contributed by atoms with van der Waals surface area (Å²) in [7, 11) is 0. The first kappa shape index (κ1) is 20.6. The van der Waals surface area contributed by atoms with Gasteiger partial charge in [0, 0.05) is 30.8 Å². The molecule has 152 valence electrons. The number of nitrogens with one attached hydrogen (secondary N) is 1. The Balaban J connectivity index is 1.63. The number of carbonyl (C=O) groups excluding carboxylic acids is 2. The van der Waals surface area contributed by atoms with E-state index in [2.05, 4.69) is 5.32 Å². The van der Waals surface area contributed by atoms with Gasteiger partial charge in [0.2, 0.25) is 11.8 Å². The van der Waals surface area contributed by atoms with Crippen LogP contribution in [0, 0.1) is 5.92 Å². The third-order valence-corrected chi connectivity index (χ3v) is 4.88. The number of benzene rings is 2. The maximum Gasteiger partial charge on any atom is 0.417 e. The van der Waals surface area contributed by atoms with E-state index in [0.29, 0.717) is 24.6 Å². The minimum absolute atomic E-state index is 0.0505. The van der Waals surface area contributed by atoms with Crippen LogP contribution in [0.3, 0.4) is 0 Å². The highest BCUT2D eigenvalue weighted by Gasteiger charge is 2.36. The number of carbonyl (C=O) groups is 2. The molecule has 3 rings (SSSR count). The monoisotopic (exact) mass is 402 g/mol. The SMILES string of the molecule is O=C(Nc1ccccc1)C1CCN(C(=O)/C=C(\c2ccccc2)C(F)(F)F)CC1. The zero-order valence-corrected chi connectivity index (χ0v) is 15.7. The molecule has 1 saturated heterocycles. The number of hydrogen-bond donors (Lipinski definition) is 1. The predicted molar refractivity (Wildman–Crippen MR) is 105 cm³/mol. The van der Waals surface area contributed by atoms with E-state index in [1.54, 1.807) is 18.2 Å².